The van der Waals surface area contributed by atoms with Crippen LogP contribution in [-0.2, 0) is 38.6 Å². The predicted molar refractivity (Wildman–Crippen MR) is 201 cm³/mol. The van der Waals surface area contributed by atoms with Crippen molar-refractivity contribution in [2.75, 3.05) is 34.9 Å². The van der Waals surface area contributed by atoms with Crippen molar-refractivity contribution >= 4 is 41.0 Å². The number of amides is 2. The molecule has 1 aromatic heterocycles. The summed E-state index contributed by atoms with van der Waals surface area (Å²) in [5, 5.41) is 16.6. The number of nitrogens with one attached hydrogen (secondary N) is 2. The number of hydrogen-bond acceptors (Lipinski definition) is 8. The molecule has 4 rings (SSSR count). The van der Waals surface area contributed by atoms with Crippen molar-refractivity contribution in [3.63, 3.8) is 0 Å². The fourth-order valence-corrected chi connectivity index (χ4v) is 5.88. The average molecular weight is 754 g/mol. The van der Waals surface area contributed by atoms with E-state index >= 15 is 0 Å². The lowest BCUT2D eigenvalue weighted by atomic mass is 10.0. The second-order valence-corrected chi connectivity index (χ2v) is 13.8. The Hall–Kier alpha value is -4.46. The van der Waals surface area contributed by atoms with Gasteiger partial charge in [-0.25, -0.2) is 4.98 Å². The van der Waals surface area contributed by atoms with Crippen LogP contribution < -0.4 is 15.4 Å². The maximum atomic E-state index is 13.6. The number of likely N-dealkylation sites (N-methyl/N-ethyl adjacent to an activating group) is 1. The number of imidazole rings is 1. The Kier molecular flexibility index (Phi) is 14.6. The lowest BCUT2D eigenvalue weighted by Gasteiger charge is -2.31. The first-order valence-electron chi connectivity index (χ1n) is 16.8. The Labute approximate surface area is 314 Å². The molecule has 4 aromatic rings. The molecule has 52 heavy (non-hydrogen) atoms. The quantitative estimate of drug-likeness (QED) is 0.120. The number of nitrogens with zero attached hydrogens (tertiary/aromatic N) is 4. The van der Waals surface area contributed by atoms with Gasteiger partial charge in [0.15, 0.2) is 0 Å². The van der Waals surface area contributed by atoms with E-state index in [-0.39, 0.29) is 26.0 Å². The summed E-state index contributed by atoms with van der Waals surface area (Å²) >= 11 is 12.3. The largest absolute Gasteiger partial charge is 0.481 e. The van der Waals surface area contributed by atoms with Crippen molar-refractivity contribution in [1.82, 2.24) is 30.0 Å². The van der Waals surface area contributed by atoms with Crippen molar-refractivity contribution in [3.8, 4) is 17.2 Å². The number of methoxy groups -OCH3 is 1. The van der Waals surface area contributed by atoms with Gasteiger partial charge in [-0.2, -0.15) is 0 Å². The molecule has 0 aliphatic carbocycles. The van der Waals surface area contributed by atoms with E-state index in [4.69, 9.17) is 32.7 Å². The Morgan fingerprint density at radius 3 is 2.29 bits per heavy atom. The third-order valence-corrected chi connectivity index (χ3v) is 9.06. The molecule has 3 atom stereocenters. The number of carboxylic acid groups (broad SMARTS) is 1. The molecule has 278 valence electrons. The molecule has 0 radical (unpaired) electrons. The third kappa shape index (κ3) is 11.3. The smallest absolute Gasteiger partial charge is 0.305 e. The van der Waals surface area contributed by atoms with Gasteiger partial charge >= 0.3 is 5.97 Å². The lowest BCUT2D eigenvalue weighted by Crippen LogP contribution is -2.55. The topological polar surface area (TPSA) is 138 Å². The van der Waals surface area contributed by atoms with Crippen LogP contribution in [0.1, 0.15) is 35.9 Å². The Bertz CT molecular complexity index is 1820. The number of carbonyl (C=O) groups is 3. The van der Waals surface area contributed by atoms with Gasteiger partial charge in [-0.1, -0.05) is 41.4 Å². The van der Waals surface area contributed by atoms with Crippen LogP contribution in [0, 0.1) is 6.92 Å². The number of aliphatic carboxylic acids is 1. The molecule has 1 heterocycles. The zero-order valence-corrected chi connectivity index (χ0v) is 31.7. The second kappa shape index (κ2) is 18.9. The molecule has 12 nitrogen and oxygen atoms in total. The number of ether oxygens (including phenoxy) is 2. The molecule has 0 saturated heterocycles. The van der Waals surface area contributed by atoms with Crippen LogP contribution in [-0.4, -0.2) is 95.2 Å². The number of halogens is 2. The van der Waals surface area contributed by atoms with E-state index in [9.17, 15) is 19.5 Å². The molecule has 0 aliphatic rings. The van der Waals surface area contributed by atoms with Gasteiger partial charge in [-0.3, -0.25) is 14.4 Å². The fraction of sp³-hybridized carbons (Fsp3) is 0.368. The molecule has 0 saturated carbocycles. The average Bonchev–Trinajstić information content (AvgIpc) is 3.46. The molecule has 0 aliphatic heterocycles. The van der Waals surface area contributed by atoms with Crippen molar-refractivity contribution in [2.24, 2.45) is 0 Å². The summed E-state index contributed by atoms with van der Waals surface area (Å²) < 4.78 is 13.5. The van der Waals surface area contributed by atoms with Gasteiger partial charge in [0.25, 0.3) is 0 Å². The minimum absolute atomic E-state index is 0.103. The summed E-state index contributed by atoms with van der Waals surface area (Å²) in [6.07, 6.45) is 1.82. The molecular formula is C38H46Cl2N6O6. The van der Waals surface area contributed by atoms with Gasteiger partial charge in [-0.05, 0) is 88.5 Å². The van der Waals surface area contributed by atoms with E-state index in [1.807, 2.05) is 62.2 Å². The minimum atomic E-state index is -1.05. The van der Waals surface area contributed by atoms with E-state index < -0.39 is 35.9 Å². The highest BCUT2D eigenvalue weighted by Gasteiger charge is 2.31. The number of rotatable bonds is 18. The van der Waals surface area contributed by atoms with Gasteiger partial charge in [0, 0.05) is 60.3 Å². The van der Waals surface area contributed by atoms with Crippen LogP contribution in [0.5, 0.6) is 11.5 Å². The van der Waals surface area contributed by atoms with Crippen molar-refractivity contribution in [1.29, 1.82) is 0 Å². The number of carbonyl (C=O) groups excluding carboxylic acids is 2. The molecule has 3 aromatic carbocycles. The highest BCUT2D eigenvalue weighted by atomic mass is 35.5. The summed E-state index contributed by atoms with van der Waals surface area (Å²) in [6, 6.07) is 17.5. The van der Waals surface area contributed by atoms with Crippen molar-refractivity contribution < 1.29 is 29.0 Å². The second-order valence-electron chi connectivity index (χ2n) is 12.9. The predicted octanol–water partition coefficient (Wildman–Crippen LogP) is 5.50. The minimum Gasteiger partial charge on any atom is -0.481 e. The van der Waals surface area contributed by atoms with Crippen LogP contribution in [0.25, 0.3) is 5.69 Å². The summed E-state index contributed by atoms with van der Waals surface area (Å²) in [4.78, 5) is 46.6. The van der Waals surface area contributed by atoms with Crippen LogP contribution in [0.3, 0.4) is 0 Å². The fourth-order valence-electron chi connectivity index (χ4n) is 5.59. The molecule has 14 heteroatoms. The summed E-state index contributed by atoms with van der Waals surface area (Å²) in [5.74, 6) is -0.838. The highest BCUT2D eigenvalue weighted by molar-refractivity contribution is 6.31. The van der Waals surface area contributed by atoms with E-state index in [0.717, 1.165) is 34.7 Å². The van der Waals surface area contributed by atoms with E-state index in [2.05, 4.69) is 20.5 Å². The summed E-state index contributed by atoms with van der Waals surface area (Å²) in [6.45, 7) is 4.62. The van der Waals surface area contributed by atoms with Gasteiger partial charge in [0.1, 0.15) is 17.5 Å². The van der Waals surface area contributed by atoms with Gasteiger partial charge in [0.2, 0.25) is 11.8 Å². The van der Waals surface area contributed by atoms with Crippen LogP contribution in [0.4, 0.5) is 0 Å². The first-order valence-corrected chi connectivity index (χ1v) is 17.5. The number of hydrogen-bond donors (Lipinski definition) is 3. The maximum Gasteiger partial charge on any atom is 0.305 e. The molecule has 0 bridgehead atoms. The van der Waals surface area contributed by atoms with Crippen LogP contribution in [0.15, 0.2) is 73.1 Å². The molecule has 3 N–H and O–H groups in total. The number of carboxylic acids is 1. The third-order valence-electron chi connectivity index (χ3n) is 8.58. The SMILES string of the molecule is COC[C@H](NC(=O)[C@H](C)NCc1ccc(Cl)cc1Oc1ccc(-n2cnc(CN(C)C)c2C)cc1)C(=O)N(C)[C@H](CC(=O)O)Cc1ccc(Cl)cc1. The molecule has 0 spiro atoms. The molecular weight excluding hydrogens is 707 g/mol. The van der Waals surface area contributed by atoms with E-state index in [1.165, 1.54) is 19.1 Å². The summed E-state index contributed by atoms with van der Waals surface area (Å²) in [7, 11) is 6.97. The standard InChI is InChI=1S/C38H46Cl2N6O6/c1-24(37(49)43-34(22-51-6)38(50)45(5)31(19-36(47)48)17-26-7-10-28(39)11-8-26)41-20-27-9-12-29(40)18-35(27)52-32-15-13-30(14-16-32)46-23-42-33(25(46)2)21-44(3)4/h7-16,18,23-24,31,34,41H,17,19-22H2,1-6H3,(H,43,49)(H,47,48)/t24-,31-,34-/m0/s1. The number of aromatic nitrogens is 2. The monoisotopic (exact) mass is 752 g/mol. The van der Waals surface area contributed by atoms with Gasteiger partial charge in [0.05, 0.1) is 31.1 Å². The summed E-state index contributed by atoms with van der Waals surface area (Å²) in [5.41, 5.74) is 4.60. The molecule has 0 fully saturated rings. The molecule has 2 amide bonds. The first kappa shape index (κ1) is 40.3. The van der Waals surface area contributed by atoms with Gasteiger partial charge in [-0.15, -0.1) is 0 Å². The van der Waals surface area contributed by atoms with Crippen molar-refractivity contribution in [2.45, 2.75) is 57.9 Å². The highest BCUT2D eigenvalue weighted by Crippen LogP contribution is 2.30. The Balaban J connectivity index is 1.39. The maximum absolute atomic E-state index is 13.6. The number of benzene rings is 3. The Morgan fingerprint density at radius 2 is 1.65 bits per heavy atom. The van der Waals surface area contributed by atoms with Crippen molar-refractivity contribution in [3.05, 3.63) is 106 Å². The zero-order valence-electron chi connectivity index (χ0n) is 30.2. The normalized spacial score (nSPS) is 13.0. The first-order chi connectivity index (χ1) is 24.7. The Morgan fingerprint density at radius 1 is 0.981 bits per heavy atom. The van der Waals surface area contributed by atoms with Gasteiger partial charge < -0.3 is 39.6 Å². The van der Waals surface area contributed by atoms with Crippen LogP contribution in [0.2, 0.25) is 10.0 Å². The zero-order chi connectivity index (χ0) is 37.9. The van der Waals surface area contributed by atoms with E-state index in [0.29, 0.717) is 21.5 Å². The molecule has 0 unspecified atom stereocenters. The van der Waals surface area contributed by atoms with E-state index in [1.54, 1.807) is 43.3 Å². The lowest BCUT2D eigenvalue weighted by molar-refractivity contribution is -0.142. The van der Waals surface area contributed by atoms with Crippen LogP contribution >= 0.6 is 23.2 Å².